The maximum absolute atomic E-state index is 12.4. The molecule has 7 nitrogen and oxygen atoms in total. The van der Waals surface area contributed by atoms with E-state index in [1.54, 1.807) is 12.1 Å². The van der Waals surface area contributed by atoms with E-state index in [-0.39, 0.29) is 23.7 Å². The third kappa shape index (κ3) is 4.65. The fourth-order valence-electron chi connectivity index (χ4n) is 2.73. The average Bonchev–Trinajstić information content (AvgIpc) is 2.77. The van der Waals surface area contributed by atoms with Gasteiger partial charge in [-0.3, -0.25) is 14.9 Å². The average molecular weight is 391 g/mol. The number of Topliss-reactive ketones (excluding diaryl/α,β-unsaturated/α-hetero) is 1. The Morgan fingerprint density at radius 1 is 0.897 bits per heavy atom. The van der Waals surface area contributed by atoms with Gasteiger partial charge in [-0.05, 0) is 23.3 Å². The summed E-state index contributed by atoms with van der Waals surface area (Å²) in [6, 6.07) is 20.4. The molecular formula is C22H17NO6. The highest BCUT2D eigenvalue weighted by Gasteiger charge is 2.20. The van der Waals surface area contributed by atoms with E-state index in [0.717, 1.165) is 17.2 Å². The van der Waals surface area contributed by atoms with Crippen LogP contribution in [0.15, 0.2) is 72.8 Å². The van der Waals surface area contributed by atoms with Crippen LogP contribution in [0.25, 0.3) is 11.1 Å². The molecule has 0 aromatic heterocycles. The minimum atomic E-state index is -0.700. The number of ether oxygens (including phenoxy) is 2. The fourth-order valence-corrected chi connectivity index (χ4v) is 2.73. The van der Waals surface area contributed by atoms with Crippen LogP contribution >= 0.6 is 0 Å². The van der Waals surface area contributed by atoms with Crippen LogP contribution in [0.4, 0.5) is 5.69 Å². The number of benzene rings is 3. The number of carbonyl (C=O) groups is 2. The van der Waals surface area contributed by atoms with Crippen molar-refractivity contribution in [1.29, 1.82) is 0 Å². The molecule has 146 valence electrons. The Morgan fingerprint density at radius 2 is 1.52 bits per heavy atom. The predicted molar refractivity (Wildman–Crippen MR) is 106 cm³/mol. The van der Waals surface area contributed by atoms with Crippen LogP contribution in [-0.2, 0) is 4.74 Å². The number of hydrogen-bond donors (Lipinski definition) is 0. The number of methoxy groups -OCH3 is 1. The van der Waals surface area contributed by atoms with Crippen molar-refractivity contribution in [3.05, 3.63) is 94.0 Å². The van der Waals surface area contributed by atoms with E-state index < -0.39 is 16.6 Å². The van der Waals surface area contributed by atoms with Crippen LogP contribution in [-0.4, -0.2) is 30.4 Å². The summed E-state index contributed by atoms with van der Waals surface area (Å²) in [5.74, 6) is -1.12. The van der Waals surface area contributed by atoms with E-state index >= 15 is 0 Å². The monoisotopic (exact) mass is 391 g/mol. The Morgan fingerprint density at radius 3 is 2.14 bits per heavy atom. The number of ketones is 1. The number of nitro benzene ring substituents is 1. The van der Waals surface area contributed by atoms with Gasteiger partial charge in [0.1, 0.15) is 0 Å². The molecule has 0 aliphatic rings. The summed E-state index contributed by atoms with van der Waals surface area (Å²) in [5.41, 5.74) is 2.04. The van der Waals surface area contributed by atoms with Gasteiger partial charge in [-0.15, -0.1) is 0 Å². The molecule has 0 aliphatic carbocycles. The minimum absolute atomic E-state index is 0.0226. The number of esters is 1. The molecule has 0 bridgehead atoms. The first-order valence-electron chi connectivity index (χ1n) is 8.68. The second kappa shape index (κ2) is 8.79. The van der Waals surface area contributed by atoms with Crippen molar-refractivity contribution in [1.82, 2.24) is 0 Å². The van der Waals surface area contributed by atoms with Crippen molar-refractivity contribution in [2.24, 2.45) is 0 Å². The molecule has 7 heteroatoms. The molecule has 0 spiro atoms. The normalized spacial score (nSPS) is 10.2. The van der Waals surface area contributed by atoms with Gasteiger partial charge in [0.2, 0.25) is 0 Å². The van der Waals surface area contributed by atoms with Gasteiger partial charge in [0.05, 0.1) is 17.6 Å². The van der Waals surface area contributed by atoms with Gasteiger partial charge in [-0.25, -0.2) is 4.79 Å². The molecule has 0 aliphatic heterocycles. The number of hydrogen-bond acceptors (Lipinski definition) is 6. The summed E-state index contributed by atoms with van der Waals surface area (Å²) in [6.07, 6.45) is 0. The van der Waals surface area contributed by atoms with Crippen molar-refractivity contribution in [3.8, 4) is 16.9 Å². The topological polar surface area (TPSA) is 95.7 Å². The minimum Gasteiger partial charge on any atom is -0.478 e. The zero-order valence-corrected chi connectivity index (χ0v) is 15.5. The van der Waals surface area contributed by atoms with Gasteiger partial charge in [-0.2, -0.15) is 0 Å². The zero-order chi connectivity index (χ0) is 20.8. The number of carbonyl (C=O) groups excluding carboxylic acids is 2. The largest absolute Gasteiger partial charge is 0.478 e. The highest BCUT2D eigenvalue weighted by atomic mass is 16.6. The second-order valence-corrected chi connectivity index (χ2v) is 6.09. The van der Waals surface area contributed by atoms with E-state index in [4.69, 9.17) is 4.74 Å². The summed E-state index contributed by atoms with van der Waals surface area (Å²) in [4.78, 5) is 34.5. The Hall–Kier alpha value is -4.00. The van der Waals surface area contributed by atoms with Crippen molar-refractivity contribution < 1.29 is 24.0 Å². The summed E-state index contributed by atoms with van der Waals surface area (Å²) >= 11 is 0. The first kappa shape index (κ1) is 19.8. The quantitative estimate of drug-likeness (QED) is 0.258. The van der Waals surface area contributed by atoms with E-state index in [1.165, 1.54) is 19.2 Å². The lowest BCUT2D eigenvalue weighted by Gasteiger charge is -2.08. The smallest absolute Gasteiger partial charge is 0.338 e. The van der Waals surface area contributed by atoms with E-state index in [1.807, 2.05) is 42.5 Å². The summed E-state index contributed by atoms with van der Waals surface area (Å²) in [7, 11) is 1.18. The zero-order valence-electron chi connectivity index (χ0n) is 15.5. The molecule has 0 fully saturated rings. The molecule has 0 saturated carbocycles. The van der Waals surface area contributed by atoms with E-state index in [9.17, 15) is 19.7 Å². The molecule has 0 unspecified atom stereocenters. The second-order valence-electron chi connectivity index (χ2n) is 6.09. The lowest BCUT2D eigenvalue weighted by atomic mass is 10.0. The van der Waals surface area contributed by atoms with Crippen molar-refractivity contribution in [2.75, 3.05) is 13.7 Å². The Bertz CT molecular complexity index is 1040. The first-order valence-corrected chi connectivity index (χ1v) is 8.68. The van der Waals surface area contributed by atoms with Crippen LogP contribution in [0.3, 0.4) is 0 Å². The molecule has 3 rings (SSSR count). The van der Waals surface area contributed by atoms with Gasteiger partial charge in [0.25, 0.3) is 0 Å². The van der Waals surface area contributed by atoms with Crippen molar-refractivity contribution >= 4 is 17.4 Å². The third-order valence-corrected chi connectivity index (χ3v) is 4.25. The molecule has 0 saturated heterocycles. The van der Waals surface area contributed by atoms with E-state index in [2.05, 4.69) is 4.74 Å². The highest BCUT2D eigenvalue weighted by Crippen LogP contribution is 2.28. The van der Waals surface area contributed by atoms with Crippen LogP contribution in [0.1, 0.15) is 20.7 Å². The van der Waals surface area contributed by atoms with Crippen LogP contribution in [0.5, 0.6) is 5.75 Å². The Labute approximate surface area is 166 Å². The lowest BCUT2D eigenvalue weighted by molar-refractivity contribution is -0.385. The molecule has 3 aromatic rings. The molecule has 0 atom stereocenters. The lowest BCUT2D eigenvalue weighted by Crippen LogP contribution is -2.12. The van der Waals surface area contributed by atoms with Gasteiger partial charge in [0.15, 0.2) is 18.1 Å². The Balaban J connectivity index is 1.72. The SMILES string of the molecule is COC(=O)c1ccc(OCC(=O)c2ccc(-c3ccccc3)cc2)c([N+](=O)[O-])c1. The van der Waals surface area contributed by atoms with E-state index in [0.29, 0.717) is 5.56 Å². The van der Waals surface area contributed by atoms with Crippen LogP contribution < -0.4 is 4.74 Å². The van der Waals surface area contributed by atoms with Crippen molar-refractivity contribution in [2.45, 2.75) is 0 Å². The number of nitrogens with zero attached hydrogens (tertiary/aromatic N) is 1. The van der Waals surface area contributed by atoms with Gasteiger partial charge < -0.3 is 9.47 Å². The van der Waals surface area contributed by atoms with Gasteiger partial charge >= 0.3 is 11.7 Å². The number of rotatable bonds is 7. The van der Waals surface area contributed by atoms with Crippen LogP contribution in [0, 0.1) is 10.1 Å². The molecule has 3 aromatic carbocycles. The summed E-state index contributed by atoms with van der Waals surface area (Å²) in [6.45, 7) is -0.372. The predicted octanol–water partition coefficient (Wildman–Crippen LogP) is 4.31. The summed E-state index contributed by atoms with van der Waals surface area (Å²) in [5, 5.41) is 11.3. The highest BCUT2D eigenvalue weighted by molar-refractivity contribution is 5.97. The molecule has 0 amide bonds. The maximum atomic E-state index is 12.4. The molecule has 0 heterocycles. The Kier molecular flexibility index (Phi) is 5.99. The molecule has 0 N–H and O–H groups in total. The first-order chi connectivity index (χ1) is 14.0. The molecular weight excluding hydrogens is 374 g/mol. The standard InChI is InChI=1S/C22H17NO6/c1-28-22(25)18-11-12-21(19(13-18)23(26)27)29-14-20(24)17-9-7-16(8-10-17)15-5-3-2-4-6-15/h2-13H,14H2,1H3. The fraction of sp³-hybridized carbons (Fsp3) is 0.0909. The summed E-state index contributed by atoms with van der Waals surface area (Å²) < 4.78 is 9.91. The maximum Gasteiger partial charge on any atom is 0.338 e. The van der Waals surface area contributed by atoms with Gasteiger partial charge in [-0.1, -0.05) is 54.6 Å². The molecule has 0 radical (unpaired) electrons. The third-order valence-electron chi connectivity index (χ3n) is 4.25. The van der Waals surface area contributed by atoms with Gasteiger partial charge in [0, 0.05) is 11.6 Å². The van der Waals surface area contributed by atoms with Crippen LogP contribution in [0.2, 0.25) is 0 Å². The molecule has 29 heavy (non-hydrogen) atoms. The number of nitro groups is 1. The van der Waals surface area contributed by atoms with Crippen molar-refractivity contribution in [3.63, 3.8) is 0 Å².